The Balaban J connectivity index is 2.28. The van der Waals surface area contributed by atoms with E-state index in [0.717, 1.165) is 17.0 Å². The van der Waals surface area contributed by atoms with Crippen LogP contribution < -0.4 is 10.5 Å². The number of nitrogens with zero attached hydrogens (tertiary/aromatic N) is 3. The largest absolute Gasteiger partial charge is 0.495 e. The van der Waals surface area contributed by atoms with E-state index in [9.17, 15) is 0 Å². The van der Waals surface area contributed by atoms with Gasteiger partial charge in [0.25, 0.3) is 0 Å². The third-order valence-corrected chi connectivity index (χ3v) is 3.60. The van der Waals surface area contributed by atoms with Crippen molar-refractivity contribution in [2.45, 2.75) is 19.4 Å². The second-order valence-corrected chi connectivity index (χ2v) is 4.78. The molecule has 2 aromatic rings. The van der Waals surface area contributed by atoms with Gasteiger partial charge in [-0.1, -0.05) is 11.6 Å². The topological polar surface area (TPSA) is 66.0 Å². The van der Waals surface area contributed by atoms with Gasteiger partial charge in [-0.15, -0.1) is 0 Å². The first-order valence-corrected chi connectivity index (χ1v) is 6.33. The van der Waals surface area contributed by atoms with Gasteiger partial charge < -0.3 is 10.5 Å². The van der Waals surface area contributed by atoms with Gasteiger partial charge in [-0.25, -0.2) is 0 Å². The lowest BCUT2D eigenvalue weighted by molar-refractivity contribution is 0.403. The molecule has 0 bridgehead atoms. The Morgan fingerprint density at radius 2 is 2.26 bits per heavy atom. The molecule has 6 heteroatoms. The number of aromatic nitrogens is 3. The summed E-state index contributed by atoms with van der Waals surface area (Å²) in [6, 6.07) is 1.64. The van der Waals surface area contributed by atoms with Crippen molar-refractivity contribution in [3.63, 3.8) is 0 Å². The van der Waals surface area contributed by atoms with Crippen LogP contribution in [0, 0.1) is 6.92 Å². The number of ether oxygens (including phenoxy) is 1. The zero-order chi connectivity index (χ0) is 14.0. The van der Waals surface area contributed by atoms with Gasteiger partial charge in [0.15, 0.2) is 0 Å². The van der Waals surface area contributed by atoms with Crippen molar-refractivity contribution in [3.8, 4) is 5.75 Å². The van der Waals surface area contributed by atoms with E-state index in [0.29, 0.717) is 17.2 Å². The normalized spacial score (nSPS) is 12.5. The van der Waals surface area contributed by atoms with Crippen molar-refractivity contribution in [2.24, 2.45) is 12.8 Å². The SMILES string of the molecule is COc1cnccc1C(N)Cc1c(Cl)c(C)nn1C. The molecule has 0 saturated carbocycles. The fourth-order valence-electron chi connectivity index (χ4n) is 2.09. The van der Waals surface area contributed by atoms with Crippen LogP contribution in [-0.2, 0) is 13.5 Å². The molecule has 0 aliphatic carbocycles. The minimum atomic E-state index is -0.217. The molecule has 1 unspecified atom stereocenters. The van der Waals surface area contributed by atoms with Gasteiger partial charge in [-0.2, -0.15) is 5.10 Å². The van der Waals surface area contributed by atoms with Crippen LogP contribution in [0.3, 0.4) is 0 Å². The van der Waals surface area contributed by atoms with Crippen molar-refractivity contribution in [1.82, 2.24) is 14.8 Å². The predicted octanol–water partition coefficient (Wildman–Crippen LogP) is 2.03. The summed E-state index contributed by atoms with van der Waals surface area (Å²) in [6.45, 7) is 1.88. The van der Waals surface area contributed by atoms with Crippen LogP contribution in [0.2, 0.25) is 5.02 Å². The summed E-state index contributed by atoms with van der Waals surface area (Å²) in [5.74, 6) is 0.685. The molecule has 102 valence electrons. The Bertz CT molecular complexity index is 582. The standard InChI is InChI=1S/C13H17ClN4O/c1-8-13(14)11(18(2)17-8)6-10(15)9-4-5-16-7-12(9)19-3/h4-5,7,10H,6,15H2,1-3H3. The van der Waals surface area contributed by atoms with Crippen LogP contribution in [0.1, 0.15) is 23.0 Å². The average molecular weight is 281 g/mol. The lowest BCUT2D eigenvalue weighted by Gasteiger charge is -2.15. The molecule has 5 nitrogen and oxygen atoms in total. The van der Waals surface area contributed by atoms with E-state index in [-0.39, 0.29) is 6.04 Å². The van der Waals surface area contributed by atoms with Crippen LogP contribution >= 0.6 is 11.6 Å². The summed E-state index contributed by atoms with van der Waals surface area (Å²) in [7, 11) is 3.47. The molecule has 2 aromatic heterocycles. The Morgan fingerprint density at radius 1 is 1.53 bits per heavy atom. The number of aryl methyl sites for hydroxylation is 2. The van der Waals surface area contributed by atoms with Gasteiger partial charge in [0.1, 0.15) is 5.75 Å². The average Bonchev–Trinajstić information content (AvgIpc) is 2.65. The Hall–Kier alpha value is -1.59. The molecule has 0 spiro atoms. The van der Waals surface area contributed by atoms with Gasteiger partial charge in [0, 0.05) is 31.3 Å². The highest BCUT2D eigenvalue weighted by Crippen LogP contribution is 2.28. The highest BCUT2D eigenvalue weighted by molar-refractivity contribution is 6.31. The monoisotopic (exact) mass is 280 g/mol. The van der Waals surface area contributed by atoms with Crippen LogP contribution in [0.4, 0.5) is 0 Å². The highest BCUT2D eigenvalue weighted by atomic mass is 35.5. The molecule has 2 rings (SSSR count). The first-order chi connectivity index (χ1) is 9.04. The number of pyridine rings is 1. The summed E-state index contributed by atoms with van der Waals surface area (Å²) < 4.78 is 7.04. The van der Waals surface area contributed by atoms with E-state index in [1.54, 1.807) is 24.2 Å². The van der Waals surface area contributed by atoms with Gasteiger partial charge in [-0.3, -0.25) is 9.67 Å². The fraction of sp³-hybridized carbons (Fsp3) is 0.385. The van der Waals surface area contributed by atoms with Crippen molar-refractivity contribution >= 4 is 11.6 Å². The Morgan fingerprint density at radius 3 is 2.84 bits per heavy atom. The molecular formula is C13H17ClN4O. The summed E-state index contributed by atoms with van der Waals surface area (Å²) in [5, 5.41) is 4.96. The summed E-state index contributed by atoms with van der Waals surface area (Å²) in [5.41, 5.74) is 8.89. The molecular weight excluding hydrogens is 264 g/mol. The maximum Gasteiger partial charge on any atom is 0.141 e. The lowest BCUT2D eigenvalue weighted by Crippen LogP contribution is -2.16. The molecule has 2 heterocycles. The van der Waals surface area contributed by atoms with E-state index in [4.69, 9.17) is 22.1 Å². The minimum Gasteiger partial charge on any atom is -0.495 e. The van der Waals surface area contributed by atoms with E-state index < -0.39 is 0 Å². The molecule has 0 saturated heterocycles. The van der Waals surface area contributed by atoms with E-state index in [1.807, 2.05) is 20.0 Å². The van der Waals surface area contributed by atoms with Crippen LogP contribution in [0.25, 0.3) is 0 Å². The van der Waals surface area contributed by atoms with Crippen LogP contribution in [0.15, 0.2) is 18.5 Å². The fourth-order valence-corrected chi connectivity index (χ4v) is 2.32. The van der Waals surface area contributed by atoms with E-state index in [1.165, 1.54) is 0 Å². The number of hydrogen-bond donors (Lipinski definition) is 1. The van der Waals surface area contributed by atoms with E-state index in [2.05, 4.69) is 10.1 Å². The Labute approximate surface area is 117 Å². The second-order valence-electron chi connectivity index (χ2n) is 4.40. The lowest BCUT2D eigenvalue weighted by atomic mass is 10.0. The maximum atomic E-state index is 6.24. The van der Waals surface area contributed by atoms with Crippen LogP contribution in [-0.4, -0.2) is 21.9 Å². The highest BCUT2D eigenvalue weighted by Gasteiger charge is 2.18. The first-order valence-electron chi connectivity index (χ1n) is 5.96. The number of nitrogens with two attached hydrogens (primary N) is 1. The quantitative estimate of drug-likeness (QED) is 0.931. The molecule has 0 aromatic carbocycles. The third-order valence-electron chi connectivity index (χ3n) is 3.11. The van der Waals surface area contributed by atoms with Crippen molar-refractivity contribution in [1.29, 1.82) is 0 Å². The molecule has 2 N–H and O–H groups in total. The summed E-state index contributed by atoms with van der Waals surface area (Å²) >= 11 is 6.24. The molecule has 0 aliphatic heterocycles. The number of rotatable bonds is 4. The smallest absolute Gasteiger partial charge is 0.141 e. The van der Waals surface area contributed by atoms with Gasteiger partial charge >= 0.3 is 0 Å². The maximum absolute atomic E-state index is 6.24. The minimum absolute atomic E-state index is 0.217. The molecule has 0 aliphatic rings. The third kappa shape index (κ3) is 2.72. The molecule has 0 amide bonds. The zero-order valence-corrected chi connectivity index (χ0v) is 12.0. The molecule has 19 heavy (non-hydrogen) atoms. The molecule has 0 fully saturated rings. The Kier molecular flexibility index (Phi) is 4.07. The van der Waals surface area contributed by atoms with Gasteiger partial charge in [0.2, 0.25) is 0 Å². The first kappa shape index (κ1) is 13.8. The molecule has 0 radical (unpaired) electrons. The zero-order valence-electron chi connectivity index (χ0n) is 11.2. The van der Waals surface area contributed by atoms with Crippen molar-refractivity contribution in [2.75, 3.05) is 7.11 Å². The predicted molar refractivity (Wildman–Crippen MR) is 74.4 cm³/mol. The van der Waals surface area contributed by atoms with Crippen molar-refractivity contribution < 1.29 is 4.74 Å². The van der Waals surface area contributed by atoms with Gasteiger partial charge in [0.05, 0.1) is 29.7 Å². The summed E-state index contributed by atoms with van der Waals surface area (Å²) in [6.07, 6.45) is 3.95. The molecule has 1 atom stereocenters. The number of methoxy groups -OCH3 is 1. The number of hydrogen-bond acceptors (Lipinski definition) is 4. The van der Waals surface area contributed by atoms with E-state index >= 15 is 0 Å². The second kappa shape index (κ2) is 5.59. The summed E-state index contributed by atoms with van der Waals surface area (Å²) in [4.78, 5) is 4.02. The van der Waals surface area contributed by atoms with Crippen LogP contribution in [0.5, 0.6) is 5.75 Å². The van der Waals surface area contributed by atoms with Crippen molar-refractivity contribution in [3.05, 3.63) is 40.4 Å². The number of halogens is 1. The van der Waals surface area contributed by atoms with Gasteiger partial charge in [-0.05, 0) is 13.0 Å².